The molecule has 0 saturated carbocycles. The van der Waals surface area contributed by atoms with Crippen LogP contribution in [-0.4, -0.2) is 85.6 Å². The lowest BCUT2D eigenvalue weighted by molar-refractivity contribution is 0.0525. The average Bonchev–Trinajstić information content (AvgIpc) is 3.59. The molecule has 2 aliphatic heterocycles. The normalized spacial score (nSPS) is 14.8. The van der Waals surface area contributed by atoms with Gasteiger partial charge in [-0.3, -0.25) is 14.5 Å². The first-order chi connectivity index (χ1) is 24.7. The average molecular weight is 730 g/mol. The molecule has 2 aliphatic rings. The van der Waals surface area contributed by atoms with Crippen LogP contribution in [-0.2, 0) is 44.8 Å². The van der Waals surface area contributed by atoms with E-state index in [4.69, 9.17) is 21.3 Å². The van der Waals surface area contributed by atoms with Crippen LogP contribution < -0.4 is 16.0 Å². The first-order valence-corrected chi connectivity index (χ1v) is 18.1. The third-order valence-corrected chi connectivity index (χ3v) is 10.0. The van der Waals surface area contributed by atoms with Crippen LogP contribution in [0.25, 0.3) is 11.1 Å². The molecule has 2 aromatic carbocycles. The molecule has 0 saturated heterocycles. The van der Waals surface area contributed by atoms with Crippen LogP contribution >= 0.6 is 11.6 Å². The van der Waals surface area contributed by atoms with Gasteiger partial charge in [0, 0.05) is 88.8 Å². The third-order valence-electron chi connectivity index (χ3n) is 9.63. The fourth-order valence-electron chi connectivity index (χ4n) is 6.90. The number of halogens is 1. The number of carbonyl (C=O) groups excluding carboxylic acids is 3. The van der Waals surface area contributed by atoms with Crippen LogP contribution in [0.15, 0.2) is 36.4 Å². The number of imidazole rings is 2. The Bertz CT molecular complexity index is 2010. The van der Waals surface area contributed by atoms with E-state index in [2.05, 4.69) is 30.7 Å². The van der Waals surface area contributed by atoms with Gasteiger partial charge in [-0.15, -0.1) is 0 Å². The van der Waals surface area contributed by atoms with Crippen LogP contribution in [0, 0.1) is 6.92 Å². The Kier molecular flexibility index (Phi) is 10.8. The minimum Gasteiger partial charge on any atom is -0.444 e. The molecule has 4 aromatic rings. The minimum absolute atomic E-state index is 0.304. The number of nitrogens with zero attached hydrogens (tertiary/aromatic N) is 6. The highest BCUT2D eigenvalue weighted by molar-refractivity contribution is 6.36. The number of ether oxygens (including phenoxy) is 1. The number of amides is 3. The van der Waals surface area contributed by atoms with Crippen molar-refractivity contribution in [3.05, 3.63) is 81.4 Å². The fraction of sp³-hybridized carbons (Fsp3) is 0.447. The minimum atomic E-state index is -0.531. The second-order valence-corrected chi connectivity index (χ2v) is 15.0. The molecule has 0 radical (unpaired) electrons. The van der Waals surface area contributed by atoms with Gasteiger partial charge in [0.25, 0.3) is 11.8 Å². The third kappa shape index (κ3) is 8.01. The number of fused-ring (bicyclic) bond motifs is 2. The highest BCUT2D eigenvalue weighted by Gasteiger charge is 2.27. The first kappa shape index (κ1) is 37.1. The number of carbonyl (C=O) groups is 3. The highest BCUT2D eigenvalue weighted by atomic mass is 35.5. The maximum absolute atomic E-state index is 13.7. The number of nitrogens with one attached hydrogen (secondary N) is 3. The zero-order valence-electron chi connectivity index (χ0n) is 31.0. The quantitative estimate of drug-likeness (QED) is 0.191. The van der Waals surface area contributed by atoms with Gasteiger partial charge in [-0.25, -0.2) is 14.8 Å². The van der Waals surface area contributed by atoms with E-state index in [9.17, 15) is 14.4 Å². The van der Waals surface area contributed by atoms with E-state index in [-0.39, 0.29) is 11.8 Å². The molecule has 4 heterocycles. The van der Waals surface area contributed by atoms with Gasteiger partial charge in [0.1, 0.15) is 5.60 Å². The number of hydrogen-bond donors (Lipinski definition) is 3. The summed E-state index contributed by atoms with van der Waals surface area (Å²) < 4.78 is 9.06. The summed E-state index contributed by atoms with van der Waals surface area (Å²) in [6, 6.07) is 11.2. The predicted octanol–water partition coefficient (Wildman–Crippen LogP) is 5.55. The second-order valence-electron chi connectivity index (χ2n) is 14.6. The smallest absolute Gasteiger partial charge is 0.407 e. The van der Waals surface area contributed by atoms with Crippen molar-refractivity contribution in [2.24, 2.45) is 14.1 Å². The number of aromatic nitrogens is 4. The van der Waals surface area contributed by atoms with E-state index in [1.54, 1.807) is 6.07 Å². The largest absolute Gasteiger partial charge is 0.444 e. The van der Waals surface area contributed by atoms with Gasteiger partial charge in [-0.1, -0.05) is 35.9 Å². The van der Waals surface area contributed by atoms with Gasteiger partial charge in [0.15, 0.2) is 11.6 Å². The van der Waals surface area contributed by atoms with Crippen molar-refractivity contribution >= 4 is 40.9 Å². The van der Waals surface area contributed by atoms with Crippen LogP contribution in [0.4, 0.5) is 16.2 Å². The van der Waals surface area contributed by atoms with Gasteiger partial charge in [0.2, 0.25) is 0 Å². The monoisotopic (exact) mass is 729 g/mol. The summed E-state index contributed by atoms with van der Waals surface area (Å²) in [6.07, 6.45) is 1.96. The maximum Gasteiger partial charge on any atom is 0.407 e. The van der Waals surface area contributed by atoms with Crippen LogP contribution in [0.5, 0.6) is 0 Å². The van der Waals surface area contributed by atoms with Crippen molar-refractivity contribution < 1.29 is 19.1 Å². The van der Waals surface area contributed by atoms with Gasteiger partial charge in [0.05, 0.1) is 22.1 Å². The van der Waals surface area contributed by atoms with Crippen molar-refractivity contribution in [3.63, 3.8) is 0 Å². The highest BCUT2D eigenvalue weighted by Crippen LogP contribution is 2.38. The van der Waals surface area contributed by atoms with E-state index in [1.807, 2.05) is 88.3 Å². The standard InChI is InChI=1S/C38H48ClN9O4/c1-23-24(25-12-9-14-27(32(25)39)44-36(50)34-41-28-21-45(5)19-15-30(28)46(34)6)11-8-13-26(23)43-35(49)33-42-29-22-48(20-16-31(29)47(33)7)18-10-17-40-37(51)52-38(2,3)4/h8-9,11-14H,10,15-22H2,1-7H3,(H,40,51)(H,43,49)(H,44,50). The Hall–Kier alpha value is -4.72. The Morgan fingerprint density at radius 2 is 1.40 bits per heavy atom. The van der Waals surface area contributed by atoms with E-state index in [1.165, 1.54) is 0 Å². The summed E-state index contributed by atoms with van der Waals surface area (Å²) >= 11 is 6.95. The lowest BCUT2D eigenvalue weighted by Gasteiger charge is -2.26. The summed E-state index contributed by atoms with van der Waals surface area (Å²) in [5, 5.41) is 9.24. The molecule has 0 spiro atoms. The molecule has 3 amide bonds. The van der Waals surface area contributed by atoms with Crippen molar-refractivity contribution in [1.29, 1.82) is 0 Å². The number of alkyl carbamates (subject to hydrolysis) is 1. The Balaban J connectivity index is 1.11. The molecule has 0 atom stereocenters. The second kappa shape index (κ2) is 15.1. The fourth-order valence-corrected chi connectivity index (χ4v) is 7.18. The van der Waals surface area contributed by atoms with Gasteiger partial charge in [-0.2, -0.15) is 0 Å². The molecule has 0 aliphatic carbocycles. The van der Waals surface area contributed by atoms with E-state index in [0.29, 0.717) is 47.7 Å². The van der Waals surface area contributed by atoms with E-state index in [0.717, 1.165) is 78.4 Å². The van der Waals surface area contributed by atoms with Crippen molar-refractivity contribution in [3.8, 4) is 11.1 Å². The van der Waals surface area contributed by atoms with E-state index >= 15 is 0 Å². The summed E-state index contributed by atoms with van der Waals surface area (Å²) in [5.74, 6) is 0.0567. The number of rotatable bonds is 9. The molecular weight excluding hydrogens is 682 g/mol. The lowest BCUT2D eigenvalue weighted by Crippen LogP contribution is -2.36. The maximum atomic E-state index is 13.7. The molecular formula is C38H48ClN9O4. The van der Waals surface area contributed by atoms with Gasteiger partial charge in [-0.05, 0) is 64.4 Å². The number of hydrogen-bond acceptors (Lipinski definition) is 8. The first-order valence-electron chi connectivity index (χ1n) is 17.7. The number of benzene rings is 2. The Morgan fingerprint density at radius 3 is 2.06 bits per heavy atom. The summed E-state index contributed by atoms with van der Waals surface area (Å²) in [5.41, 5.74) is 6.88. The predicted molar refractivity (Wildman–Crippen MR) is 202 cm³/mol. The molecule has 52 heavy (non-hydrogen) atoms. The molecule has 0 bridgehead atoms. The molecule has 276 valence electrons. The van der Waals surface area contributed by atoms with Gasteiger partial charge < -0.3 is 34.7 Å². The van der Waals surface area contributed by atoms with Crippen LogP contribution in [0.3, 0.4) is 0 Å². The SMILES string of the molecule is Cc1c(NC(=O)c2nc3c(n2C)CCN(CCCNC(=O)OC(C)(C)C)C3)cccc1-c1cccc(NC(=O)c2nc3c(n2C)CCN(C)C3)c1Cl. The van der Waals surface area contributed by atoms with Crippen LogP contribution in [0.1, 0.15) is 76.8 Å². The van der Waals surface area contributed by atoms with Crippen molar-refractivity contribution in [2.75, 3.05) is 43.9 Å². The summed E-state index contributed by atoms with van der Waals surface area (Å²) in [4.78, 5) is 52.9. The molecule has 3 N–H and O–H groups in total. The van der Waals surface area contributed by atoms with Crippen LogP contribution in [0.2, 0.25) is 5.02 Å². The van der Waals surface area contributed by atoms with Gasteiger partial charge >= 0.3 is 6.09 Å². The molecule has 14 heteroatoms. The zero-order chi connectivity index (χ0) is 37.3. The Morgan fingerprint density at radius 1 is 0.827 bits per heavy atom. The summed E-state index contributed by atoms with van der Waals surface area (Å²) in [7, 11) is 5.80. The molecule has 0 fully saturated rings. The Labute approximate surface area is 309 Å². The molecule has 2 aromatic heterocycles. The molecule has 6 rings (SSSR count). The molecule has 13 nitrogen and oxygen atoms in total. The van der Waals surface area contributed by atoms with Crippen molar-refractivity contribution in [1.82, 2.24) is 34.2 Å². The molecule has 0 unspecified atom stereocenters. The lowest BCUT2D eigenvalue weighted by atomic mass is 9.98. The summed E-state index contributed by atoms with van der Waals surface area (Å²) in [6.45, 7) is 11.8. The van der Waals surface area contributed by atoms with Crippen molar-refractivity contribution in [2.45, 2.75) is 65.6 Å². The number of anilines is 2. The number of likely N-dealkylation sites (N-methyl/N-ethyl adjacent to an activating group) is 1. The zero-order valence-corrected chi connectivity index (χ0v) is 31.8. The van der Waals surface area contributed by atoms with E-state index < -0.39 is 11.7 Å². The topological polar surface area (TPSA) is 139 Å².